The largest absolute Gasteiger partial charge is 0.309 e. The monoisotopic (exact) mass is 652 g/mol. The van der Waals surface area contributed by atoms with Crippen molar-refractivity contribution in [1.82, 2.24) is 4.57 Å². The van der Waals surface area contributed by atoms with E-state index in [1.165, 1.54) is 20.7 Å². The standard InChI is InChI=1S/C45H28N4Si/c1-48-35-22-26-45-42(29-35)41-27-33(31-47)21-25-44(41)49(45)43-18-9-8-17-40(43)34-11-10-16-39(28-34)50(36-12-4-2-5-13-36,37-14-6-3-7-15-37)38-23-19-32(30-46)20-24-38/h2-29H. The van der Waals surface area contributed by atoms with Crippen molar-refractivity contribution < 1.29 is 0 Å². The van der Waals surface area contributed by atoms with Crippen LogP contribution in [0.5, 0.6) is 0 Å². The van der Waals surface area contributed by atoms with Crippen LogP contribution >= 0.6 is 0 Å². The Hall–Kier alpha value is -6.97. The van der Waals surface area contributed by atoms with Crippen LogP contribution in [0.3, 0.4) is 0 Å². The zero-order chi connectivity index (χ0) is 34.1. The summed E-state index contributed by atoms with van der Waals surface area (Å²) in [5.41, 5.74) is 6.88. The minimum atomic E-state index is -2.87. The van der Waals surface area contributed by atoms with Gasteiger partial charge in [0.15, 0.2) is 13.8 Å². The van der Waals surface area contributed by atoms with Crippen LogP contribution in [0.4, 0.5) is 5.69 Å². The fourth-order valence-electron chi connectivity index (χ4n) is 7.41. The molecule has 1 heterocycles. The summed E-state index contributed by atoms with van der Waals surface area (Å²) in [5.74, 6) is 0. The molecular weight excluding hydrogens is 625 g/mol. The van der Waals surface area contributed by atoms with E-state index in [4.69, 9.17) is 6.57 Å². The summed E-state index contributed by atoms with van der Waals surface area (Å²) in [6.45, 7) is 7.65. The molecule has 0 unspecified atom stereocenters. The van der Waals surface area contributed by atoms with Crippen LogP contribution in [0.1, 0.15) is 11.1 Å². The van der Waals surface area contributed by atoms with Crippen molar-refractivity contribution in [2.24, 2.45) is 0 Å². The van der Waals surface area contributed by atoms with E-state index in [0.29, 0.717) is 16.8 Å². The van der Waals surface area contributed by atoms with Gasteiger partial charge in [-0.1, -0.05) is 121 Å². The molecule has 0 fully saturated rings. The zero-order valence-electron chi connectivity index (χ0n) is 27.0. The van der Waals surface area contributed by atoms with Gasteiger partial charge in [-0.25, -0.2) is 4.85 Å². The van der Waals surface area contributed by atoms with Gasteiger partial charge in [-0.2, -0.15) is 10.5 Å². The van der Waals surface area contributed by atoms with Crippen LogP contribution in [-0.4, -0.2) is 12.6 Å². The molecule has 50 heavy (non-hydrogen) atoms. The molecule has 8 rings (SSSR count). The van der Waals surface area contributed by atoms with E-state index in [2.05, 4.69) is 143 Å². The van der Waals surface area contributed by atoms with Crippen molar-refractivity contribution in [1.29, 1.82) is 10.5 Å². The lowest BCUT2D eigenvalue weighted by Crippen LogP contribution is -2.74. The third-order valence-electron chi connectivity index (χ3n) is 9.62. The zero-order valence-corrected chi connectivity index (χ0v) is 28.0. The van der Waals surface area contributed by atoms with Gasteiger partial charge < -0.3 is 4.57 Å². The number of hydrogen-bond donors (Lipinski definition) is 0. The van der Waals surface area contributed by atoms with Gasteiger partial charge in [-0.3, -0.25) is 0 Å². The Kier molecular flexibility index (Phi) is 7.63. The van der Waals surface area contributed by atoms with Crippen LogP contribution in [0.15, 0.2) is 170 Å². The van der Waals surface area contributed by atoms with Gasteiger partial charge in [0.2, 0.25) is 0 Å². The number of nitriles is 2. The van der Waals surface area contributed by atoms with Gasteiger partial charge in [0, 0.05) is 10.9 Å². The molecule has 0 aliphatic carbocycles. The maximum Gasteiger partial charge on any atom is 0.188 e. The van der Waals surface area contributed by atoms with Crippen molar-refractivity contribution in [3.63, 3.8) is 0 Å². The summed E-state index contributed by atoms with van der Waals surface area (Å²) in [6.07, 6.45) is 0. The SMILES string of the molecule is [C-]#[N+]c1ccc2c(c1)c1cc(C#N)ccc1n2-c1ccccc1-c1cccc([Si](c2ccccc2)(c2ccccc2)c2ccc(C#N)cc2)c1. The van der Waals surface area contributed by atoms with Crippen molar-refractivity contribution in [2.75, 3.05) is 0 Å². The fourth-order valence-corrected chi connectivity index (χ4v) is 12.2. The molecule has 0 amide bonds. The second-order valence-corrected chi connectivity index (χ2v) is 16.1. The molecule has 5 heteroatoms. The van der Waals surface area contributed by atoms with Crippen LogP contribution in [-0.2, 0) is 0 Å². The summed E-state index contributed by atoms with van der Waals surface area (Å²) in [4.78, 5) is 3.70. The molecule has 1 aromatic heterocycles. The average Bonchev–Trinajstić information content (AvgIpc) is 3.52. The topological polar surface area (TPSA) is 56.9 Å². The van der Waals surface area contributed by atoms with E-state index >= 15 is 0 Å². The van der Waals surface area contributed by atoms with Crippen LogP contribution in [0.25, 0.3) is 43.5 Å². The Balaban J connectivity index is 1.41. The smallest absolute Gasteiger partial charge is 0.188 e. The number of rotatable bonds is 6. The number of benzene rings is 7. The predicted octanol–water partition coefficient (Wildman–Crippen LogP) is 8.12. The van der Waals surface area contributed by atoms with Crippen LogP contribution in [0.2, 0.25) is 0 Å². The second-order valence-electron chi connectivity index (χ2n) is 12.3. The average molecular weight is 653 g/mol. The Morgan fingerprint density at radius 3 is 1.72 bits per heavy atom. The molecule has 0 saturated carbocycles. The van der Waals surface area contributed by atoms with E-state index in [0.717, 1.165) is 38.6 Å². The lowest BCUT2D eigenvalue weighted by atomic mass is 10.0. The highest BCUT2D eigenvalue weighted by atomic mass is 28.3. The lowest BCUT2D eigenvalue weighted by Gasteiger charge is -2.34. The van der Waals surface area contributed by atoms with Gasteiger partial charge in [0.25, 0.3) is 0 Å². The first-order valence-corrected chi connectivity index (χ1v) is 18.3. The molecule has 0 aliphatic rings. The highest BCUT2D eigenvalue weighted by molar-refractivity contribution is 7.19. The van der Waals surface area contributed by atoms with Crippen molar-refractivity contribution >= 4 is 56.3 Å². The molecular formula is C45H28N4Si. The number of para-hydroxylation sites is 1. The first-order valence-electron chi connectivity index (χ1n) is 16.3. The Morgan fingerprint density at radius 1 is 0.500 bits per heavy atom. The molecule has 0 radical (unpaired) electrons. The first-order chi connectivity index (χ1) is 24.6. The first kappa shape index (κ1) is 30.4. The van der Waals surface area contributed by atoms with Gasteiger partial charge in [0.05, 0.1) is 46.6 Å². The Labute approximate surface area is 291 Å². The minimum absolute atomic E-state index is 0.561. The molecule has 0 aliphatic heterocycles. The summed E-state index contributed by atoms with van der Waals surface area (Å²) >= 11 is 0. The Morgan fingerprint density at radius 2 is 1.06 bits per heavy atom. The number of nitrogens with zero attached hydrogens (tertiary/aromatic N) is 4. The third-order valence-corrected chi connectivity index (χ3v) is 14.4. The van der Waals surface area contributed by atoms with E-state index in [-0.39, 0.29) is 0 Å². The molecule has 8 aromatic rings. The quantitative estimate of drug-likeness (QED) is 0.104. The molecule has 232 valence electrons. The highest BCUT2D eigenvalue weighted by Gasteiger charge is 2.41. The van der Waals surface area contributed by atoms with Crippen LogP contribution in [0, 0.1) is 29.2 Å². The third kappa shape index (κ3) is 4.88. The molecule has 0 bridgehead atoms. The number of fused-ring (bicyclic) bond motifs is 3. The number of hydrogen-bond acceptors (Lipinski definition) is 2. The summed E-state index contributed by atoms with van der Waals surface area (Å²) in [7, 11) is -2.87. The highest BCUT2D eigenvalue weighted by Crippen LogP contribution is 2.38. The normalized spacial score (nSPS) is 11.1. The van der Waals surface area contributed by atoms with Crippen molar-refractivity contribution in [3.8, 4) is 29.0 Å². The Bertz CT molecular complexity index is 2560. The maximum atomic E-state index is 9.74. The molecule has 0 saturated heterocycles. The minimum Gasteiger partial charge on any atom is -0.309 e. The van der Waals surface area contributed by atoms with Crippen molar-refractivity contribution in [2.45, 2.75) is 0 Å². The second kappa shape index (κ2) is 12.6. The molecule has 7 aromatic carbocycles. The molecule has 0 atom stereocenters. The fraction of sp³-hybridized carbons (Fsp3) is 0. The number of aromatic nitrogens is 1. The maximum absolute atomic E-state index is 9.74. The van der Waals surface area contributed by atoms with E-state index in [1.807, 2.05) is 48.5 Å². The molecule has 4 nitrogen and oxygen atoms in total. The van der Waals surface area contributed by atoms with Crippen molar-refractivity contribution in [3.05, 3.63) is 192 Å². The van der Waals surface area contributed by atoms with Gasteiger partial charge in [-0.15, -0.1) is 0 Å². The van der Waals surface area contributed by atoms with E-state index in [1.54, 1.807) is 0 Å². The van der Waals surface area contributed by atoms with Crippen LogP contribution < -0.4 is 20.7 Å². The summed E-state index contributed by atoms with van der Waals surface area (Å²) in [5, 5.41) is 26.2. The van der Waals surface area contributed by atoms with Gasteiger partial charge >= 0.3 is 0 Å². The molecule has 0 spiro atoms. The van der Waals surface area contributed by atoms with Gasteiger partial charge in [-0.05, 0) is 80.2 Å². The van der Waals surface area contributed by atoms with Gasteiger partial charge in [0.1, 0.15) is 0 Å². The summed E-state index contributed by atoms with van der Waals surface area (Å²) < 4.78 is 2.25. The molecule has 0 N–H and O–H groups in total. The predicted molar refractivity (Wildman–Crippen MR) is 206 cm³/mol. The summed E-state index contributed by atoms with van der Waals surface area (Å²) in [6, 6.07) is 63.2. The van der Waals surface area contributed by atoms with E-state index in [9.17, 15) is 10.5 Å². The lowest BCUT2D eigenvalue weighted by molar-refractivity contribution is 1.18. The van der Waals surface area contributed by atoms with E-state index < -0.39 is 8.07 Å².